The van der Waals surface area contributed by atoms with Crippen LogP contribution in [-0.2, 0) is 13.1 Å². The minimum absolute atomic E-state index is 0.0880. The van der Waals surface area contributed by atoms with Gasteiger partial charge < -0.3 is 10.2 Å². The smallest absolute Gasteiger partial charge is 0.317 e. The summed E-state index contributed by atoms with van der Waals surface area (Å²) < 4.78 is 2.15. The SMILES string of the molecule is Cc1ccsc1CN1Cc2ccnn2C(CCNC(=O)N2CCCC2)C1. The van der Waals surface area contributed by atoms with Gasteiger partial charge in [0.05, 0.1) is 11.7 Å². The average molecular weight is 374 g/mol. The van der Waals surface area contributed by atoms with Crippen LogP contribution in [0, 0.1) is 6.92 Å². The van der Waals surface area contributed by atoms with E-state index in [9.17, 15) is 4.79 Å². The van der Waals surface area contributed by atoms with E-state index >= 15 is 0 Å². The van der Waals surface area contributed by atoms with Gasteiger partial charge in [-0.25, -0.2) is 4.79 Å². The first kappa shape index (κ1) is 17.5. The monoisotopic (exact) mass is 373 g/mol. The summed E-state index contributed by atoms with van der Waals surface area (Å²) >= 11 is 1.84. The number of urea groups is 1. The Morgan fingerprint density at radius 3 is 2.96 bits per heavy atom. The number of likely N-dealkylation sites (tertiary alicyclic amines) is 1. The summed E-state index contributed by atoms with van der Waals surface area (Å²) in [7, 11) is 0. The number of carbonyl (C=O) groups is 1. The molecular weight excluding hydrogens is 346 g/mol. The first-order chi connectivity index (χ1) is 12.7. The van der Waals surface area contributed by atoms with Crippen LogP contribution in [0.4, 0.5) is 4.79 Å². The zero-order valence-corrected chi connectivity index (χ0v) is 16.2. The Morgan fingerprint density at radius 1 is 1.35 bits per heavy atom. The van der Waals surface area contributed by atoms with Crippen molar-refractivity contribution in [2.75, 3.05) is 26.2 Å². The quantitative estimate of drug-likeness (QED) is 0.877. The fourth-order valence-corrected chi connectivity index (χ4v) is 4.89. The maximum Gasteiger partial charge on any atom is 0.317 e. The van der Waals surface area contributed by atoms with Crippen LogP contribution >= 0.6 is 11.3 Å². The maximum absolute atomic E-state index is 12.2. The molecule has 2 aliphatic rings. The molecule has 140 valence electrons. The molecule has 0 spiro atoms. The van der Waals surface area contributed by atoms with Crippen LogP contribution in [0.3, 0.4) is 0 Å². The Balaban J connectivity index is 1.35. The second-order valence-electron chi connectivity index (χ2n) is 7.33. The molecule has 2 aliphatic heterocycles. The van der Waals surface area contributed by atoms with Gasteiger partial charge in [0.1, 0.15) is 0 Å². The van der Waals surface area contributed by atoms with Crippen LogP contribution in [0.15, 0.2) is 23.7 Å². The zero-order chi connectivity index (χ0) is 17.9. The minimum Gasteiger partial charge on any atom is -0.338 e. The summed E-state index contributed by atoms with van der Waals surface area (Å²) in [6.07, 6.45) is 5.06. The predicted molar refractivity (Wildman–Crippen MR) is 103 cm³/mol. The topological polar surface area (TPSA) is 53.4 Å². The Morgan fingerprint density at radius 2 is 2.19 bits per heavy atom. The fourth-order valence-electron chi connectivity index (χ4n) is 3.95. The van der Waals surface area contributed by atoms with E-state index in [1.807, 2.05) is 22.4 Å². The number of hydrogen-bond donors (Lipinski definition) is 1. The molecule has 2 aromatic heterocycles. The van der Waals surface area contributed by atoms with Crippen LogP contribution in [-0.4, -0.2) is 51.8 Å². The third-order valence-electron chi connectivity index (χ3n) is 5.44. The molecule has 0 bridgehead atoms. The van der Waals surface area contributed by atoms with Crippen molar-refractivity contribution in [3.63, 3.8) is 0 Å². The molecule has 1 N–H and O–H groups in total. The molecule has 0 aliphatic carbocycles. The molecule has 4 heterocycles. The van der Waals surface area contributed by atoms with Crippen LogP contribution in [0.1, 0.15) is 41.4 Å². The maximum atomic E-state index is 12.2. The van der Waals surface area contributed by atoms with Gasteiger partial charge in [0, 0.05) is 50.3 Å². The lowest BCUT2D eigenvalue weighted by atomic mass is 10.1. The highest BCUT2D eigenvalue weighted by atomic mass is 32.1. The Kier molecular flexibility index (Phi) is 5.26. The molecule has 0 aromatic carbocycles. The fraction of sp³-hybridized carbons (Fsp3) is 0.579. The third-order valence-corrected chi connectivity index (χ3v) is 6.44. The number of carbonyl (C=O) groups excluding carboxylic acids is 1. The molecule has 1 atom stereocenters. The minimum atomic E-state index is 0.0880. The number of hydrogen-bond acceptors (Lipinski definition) is 4. The number of amides is 2. The summed E-state index contributed by atoms with van der Waals surface area (Å²) in [4.78, 5) is 18.0. The zero-order valence-electron chi connectivity index (χ0n) is 15.4. The predicted octanol–water partition coefficient (Wildman–Crippen LogP) is 3.01. The number of nitrogens with one attached hydrogen (secondary N) is 1. The largest absolute Gasteiger partial charge is 0.338 e. The number of thiophene rings is 1. The second kappa shape index (κ2) is 7.80. The highest BCUT2D eigenvalue weighted by molar-refractivity contribution is 7.10. The lowest BCUT2D eigenvalue weighted by Gasteiger charge is -2.34. The van der Waals surface area contributed by atoms with E-state index in [1.165, 1.54) is 16.1 Å². The van der Waals surface area contributed by atoms with Crippen molar-refractivity contribution < 1.29 is 4.79 Å². The van der Waals surface area contributed by atoms with Gasteiger partial charge in [-0.2, -0.15) is 5.10 Å². The first-order valence-corrected chi connectivity index (χ1v) is 10.4. The van der Waals surface area contributed by atoms with Crippen molar-refractivity contribution in [1.82, 2.24) is 24.9 Å². The molecule has 4 rings (SSSR count). The van der Waals surface area contributed by atoms with Crippen molar-refractivity contribution in [3.05, 3.63) is 39.8 Å². The summed E-state index contributed by atoms with van der Waals surface area (Å²) in [5, 5.41) is 9.80. The normalized spacial score (nSPS) is 20.3. The third kappa shape index (κ3) is 3.78. The molecule has 1 unspecified atom stereocenters. The first-order valence-electron chi connectivity index (χ1n) is 9.51. The van der Waals surface area contributed by atoms with Crippen molar-refractivity contribution in [3.8, 4) is 0 Å². The van der Waals surface area contributed by atoms with Crippen molar-refractivity contribution in [2.24, 2.45) is 0 Å². The van der Waals surface area contributed by atoms with Crippen molar-refractivity contribution >= 4 is 17.4 Å². The molecule has 1 saturated heterocycles. The molecular formula is C19H27N5OS. The highest BCUT2D eigenvalue weighted by Crippen LogP contribution is 2.26. The number of aryl methyl sites for hydroxylation is 1. The van der Waals surface area contributed by atoms with Gasteiger partial charge in [0.15, 0.2) is 0 Å². The summed E-state index contributed by atoms with van der Waals surface area (Å²) in [6.45, 7) is 7.58. The van der Waals surface area contributed by atoms with Crippen LogP contribution in [0.2, 0.25) is 0 Å². The molecule has 0 saturated carbocycles. The Bertz CT molecular complexity index is 749. The van der Waals surface area contributed by atoms with Crippen LogP contribution < -0.4 is 5.32 Å². The van der Waals surface area contributed by atoms with Gasteiger partial charge in [-0.3, -0.25) is 9.58 Å². The van der Waals surface area contributed by atoms with Gasteiger partial charge in [-0.1, -0.05) is 0 Å². The van der Waals surface area contributed by atoms with E-state index in [1.54, 1.807) is 0 Å². The summed E-state index contributed by atoms with van der Waals surface area (Å²) in [6, 6.07) is 4.71. The van der Waals surface area contributed by atoms with E-state index in [0.29, 0.717) is 12.6 Å². The summed E-state index contributed by atoms with van der Waals surface area (Å²) in [5.41, 5.74) is 2.64. The van der Waals surface area contributed by atoms with E-state index < -0.39 is 0 Å². The second-order valence-corrected chi connectivity index (χ2v) is 8.33. The molecule has 7 heteroatoms. The molecule has 1 fully saturated rings. The van der Waals surface area contributed by atoms with E-state index in [0.717, 1.165) is 52.0 Å². The van der Waals surface area contributed by atoms with E-state index in [4.69, 9.17) is 0 Å². The van der Waals surface area contributed by atoms with Crippen LogP contribution in [0.25, 0.3) is 0 Å². The van der Waals surface area contributed by atoms with Gasteiger partial charge >= 0.3 is 6.03 Å². The van der Waals surface area contributed by atoms with Crippen LogP contribution in [0.5, 0.6) is 0 Å². The Hall–Kier alpha value is -1.86. The molecule has 26 heavy (non-hydrogen) atoms. The van der Waals surface area contributed by atoms with E-state index in [2.05, 4.69) is 44.4 Å². The van der Waals surface area contributed by atoms with Gasteiger partial charge in [0.25, 0.3) is 0 Å². The standard InChI is InChI=1S/C19H27N5OS/c1-15-6-11-26-18(15)14-22-12-16(24-17(13-22)5-8-21-24)4-7-20-19(25)23-9-2-3-10-23/h5-6,8,11,16H,2-4,7,9-10,12-14H2,1H3,(H,20,25). The van der Waals surface area contributed by atoms with Crippen molar-refractivity contribution in [2.45, 2.75) is 45.3 Å². The molecule has 2 amide bonds. The number of aromatic nitrogens is 2. The number of fused-ring (bicyclic) bond motifs is 1. The number of nitrogens with zero attached hydrogens (tertiary/aromatic N) is 4. The molecule has 2 aromatic rings. The summed E-state index contributed by atoms with van der Waals surface area (Å²) in [5.74, 6) is 0. The average Bonchev–Trinajstić information content (AvgIpc) is 3.37. The van der Waals surface area contributed by atoms with Crippen molar-refractivity contribution in [1.29, 1.82) is 0 Å². The van der Waals surface area contributed by atoms with Gasteiger partial charge in [-0.15, -0.1) is 11.3 Å². The van der Waals surface area contributed by atoms with Gasteiger partial charge in [0.2, 0.25) is 0 Å². The number of rotatable bonds is 5. The van der Waals surface area contributed by atoms with E-state index in [-0.39, 0.29) is 6.03 Å². The molecule has 6 nitrogen and oxygen atoms in total. The van der Waals surface area contributed by atoms with Gasteiger partial charge in [-0.05, 0) is 49.3 Å². The highest BCUT2D eigenvalue weighted by Gasteiger charge is 2.26. The molecule has 0 radical (unpaired) electrons. The Labute approximate surface area is 158 Å². The lowest BCUT2D eigenvalue weighted by molar-refractivity contribution is 0.161. The lowest BCUT2D eigenvalue weighted by Crippen LogP contribution is -2.41.